The van der Waals surface area contributed by atoms with Crippen LogP contribution >= 0.6 is 0 Å². The molecule has 0 saturated heterocycles. The van der Waals surface area contributed by atoms with Gasteiger partial charge >= 0.3 is 0 Å². The summed E-state index contributed by atoms with van der Waals surface area (Å²) in [7, 11) is 3.08. The molecule has 0 aromatic heterocycles. The van der Waals surface area contributed by atoms with Gasteiger partial charge in [-0.3, -0.25) is 4.79 Å². The van der Waals surface area contributed by atoms with Crippen molar-refractivity contribution in [2.45, 2.75) is 0 Å². The predicted molar refractivity (Wildman–Crippen MR) is 57.9 cm³/mol. The molecule has 0 N–H and O–H groups in total. The second kappa shape index (κ2) is 4.26. The van der Waals surface area contributed by atoms with Crippen LogP contribution in [0, 0.1) is 0 Å². The van der Waals surface area contributed by atoms with Gasteiger partial charge < -0.3 is 14.2 Å². The van der Waals surface area contributed by atoms with Crippen LogP contribution in [0.15, 0.2) is 30.2 Å². The number of rotatable bonds is 3. The standard InChI is InChI=1S/C12H12O4/c1-14-9-5-3-8(4-6-9)11-10(13)7-16-12(11)15-2/h3-6H,7H2,1-2H3. The molecule has 1 heterocycles. The highest BCUT2D eigenvalue weighted by Gasteiger charge is 2.27. The van der Waals surface area contributed by atoms with Crippen molar-refractivity contribution in [2.75, 3.05) is 20.8 Å². The molecular formula is C12H12O4. The third-order valence-corrected chi connectivity index (χ3v) is 2.38. The Kier molecular flexibility index (Phi) is 2.81. The zero-order valence-electron chi connectivity index (χ0n) is 9.15. The summed E-state index contributed by atoms with van der Waals surface area (Å²) in [6.07, 6.45) is 0. The lowest BCUT2D eigenvalue weighted by molar-refractivity contribution is -0.115. The molecule has 4 heteroatoms. The zero-order chi connectivity index (χ0) is 11.5. The first-order valence-corrected chi connectivity index (χ1v) is 4.85. The summed E-state index contributed by atoms with van der Waals surface area (Å²) < 4.78 is 15.2. The van der Waals surface area contributed by atoms with E-state index in [1.165, 1.54) is 7.11 Å². The molecule has 0 radical (unpaired) electrons. The van der Waals surface area contributed by atoms with E-state index in [1.54, 1.807) is 31.4 Å². The number of ketones is 1. The van der Waals surface area contributed by atoms with Crippen LogP contribution in [-0.4, -0.2) is 26.6 Å². The molecular weight excluding hydrogens is 208 g/mol. The molecule has 1 aliphatic rings. The summed E-state index contributed by atoms with van der Waals surface area (Å²) in [4.78, 5) is 11.6. The van der Waals surface area contributed by atoms with Crippen LogP contribution in [0.2, 0.25) is 0 Å². The minimum Gasteiger partial charge on any atom is -0.497 e. The second-order valence-corrected chi connectivity index (χ2v) is 3.31. The van der Waals surface area contributed by atoms with E-state index in [-0.39, 0.29) is 18.3 Å². The van der Waals surface area contributed by atoms with Crippen molar-refractivity contribution < 1.29 is 19.0 Å². The fraction of sp³-hybridized carbons (Fsp3) is 0.250. The summed E-state index contributed by atoms with van der Waals surface area (Å²) in [5, 5.41) is 0. The van der Waals surface area contributed by atoms with Crippen LogP contribution < -0.4 is 4.74 Å². The Morgan fingerprint density at radius 1 is 1.12 bits per heavy atom. The van der Waals surface area contributed by atoms with Crippen molar-refractivity contribution in [1.82, 2.24) is 0 Å². The topological polar surface area (TPSA) is 44.8 Å². The Bertz CT molecular complexity index is 431. The van der Waals surface area contributed by atoms with Gasteiger partial charge in [0.15, 0.2) is 6.61 Å². The summed E-state index contributed by atoms with van der Waals surface area (Å²) in [6, 6.07) is 7.20. The number of methoxy groups -OCH3 is 2. The van der Waals surface area contributed by atoms with E-state index in [2.05, 4.69) is 0 Å². The molecule has 0 unspecified atom stereocenters. The van der Waals surface area contributed by atoms with Gasteiger partial charge in [0.25, 0.3) is 5.95 Å². The lowest BCUT2D eigenvalue weighted by atomic mass is 10.0. The highest BCUT2D eigenvalue weighted by atomic mass is 16.7. The fourth-order valence-corrected chi connectivity index (χ4v) is 1.59. The Morgan fingerprint density at radius 3 is 2.38 bits per heavy atom. The number of carbonyl (C=O) groups excluding carboxylic acids is 1. The maximum absolute atomic E-state index is 11.6. The SMILES string of the molecule is COC1=C(c2ccc(OC)cc2)C(=O)CO1. The largest absolute Gasteiger partial charge is 0.497 e. The van der Waals surface area contributed by atoms with Gasteiger partial charge in [-0.15, -0.1) is 0 Å². The number of benzene rings is 1. The van der Waals surface area contributed by atoms with Gasteiger partial charge in [0.05, 0.1) is 14.2 Å². The lowest BCUT2D eigenvalue weighted by Crippen LogP contribution is -2.00. The Morgan fingerprint density at radius 2 is 1.81 bits per heavy atom. The number of carbonyl (C=O) groups is 1. The lowest BCUT2D eigenvalue weighted by Gasteiger charge is -2.04. The van der Waals surface area contributed by atoms with Gasteiger partial charge in [-0.25, -0.2) is 0 Å². The Balaban J connectivity index is 2.38. The number of hydrogen-bond acceptors (Lipinski definition) is 4. The average molecular weight is 220 g/mol. The molecule has 1 aliphatic heterocycles. The molecule has 16 heavy (non-hydrogen) atoms. The van der Waals surface area contributed by atoms with E-state index >= 15 is 0 Å². The van der Waals surface area contributed by atoms with Crippen LogP contribution in [0.3, 0.4) is 0 Å². The maximum atomic E-state index is 11.6. The molecule has 0 amide bonds. The average Bonchev–Trinajstić information content (AvgIpc) is 2.70. The number of hydrogen-bond donors (Lipinski definition) is 0. The highest BCUT2D eigenvalue weighted by Crippen LogP contribution is 2.27. The van der Waals surface area contributed by atoms with Crippen LogP contribution in [0.4, 0.5) is 0 Å². The van der Waals surface area contributed by atoms with Crippen LogP contribution in [0.25, 0.3) is 5.57 Å². The van der Waals surface area contributed by atoms with Crippen molar-refractivity contribution in [1.29, 1.82) is 0 Å². The summed E-state index contributed by atoms with van der Waals surface area (Å²) in [5.41, 5.74) is 1.27. The Labute approximate surface area is 93.4 Å². The van der Waals surface area contributed by atoms with E-state index in [1.807, 2.05) is 0 Å². The van der Waals surface area contributed by atoms with Gasteiger partial charge in [-0.05, 0) is 17.7 Å². The van der Waals surface area contributed by atoms with Gasteiger partial charge in [-0.1, -0.05) is 12.1 Å². The van der Waals surface area contributed by atoms with Gasteiger partial charge in [-0.2, -0.15) is 0 Å². The zero-order valence-corrected chi connectivity index (χ0v) is 9.15. The van der Waals surface area contributed by atoms with Crippen LogP contribution in [-0.2, 0) is 14.3 Å². The van der Waals surface area contributed by atoms with E-state index in [0.717, 1.165) is 11.3 Å². The summed E-state index contributed by atoms with van der Waals surface area (Å²) in [6.45, 7) is 0.0462. The first-order chi connectivity index (χ1) is 7.76. The molecule has 2 rings (SSSR count). The van der Waals surface area contributed by atoms with E-state index < -0.39 is 0 Å². The molecule has 1 aromatic rings. The van der Waals surface area contributed by atoms with Crippen LogP contribution in [0.5, 0.6) is 5.75 Å². The van der Waals surface area contributed by atoms with Crippen molar-refractivity contribution in [3.05, 3.63) is 35.8 Å². The molecule has 0 aliphatic carbocycles. The van der Waals surface area contributed by atoms with Crippen molar-refractivity contribution in [3.8, 4) is 5.75 Å². The first kappa shape index (κ1) is 10.5. The quantitative estimate of drug-likeness (QED) is 0.776. The normalized spacial score (nSPS) is 15.0. The molecule has 1 aromatic carbocycles. The van der Waals surface area contributed by atoms with Gasteiger partial charge in [0.2, 0.25) is 5.78 Å². The summed E-state index contributed by atoms with van der Waals surface area (Å²) in [5.74, 6) is 0.965. The van der Waals surface area contributed by atoms with E-state index in [0.29, 0.717) is 5.57 Å². The molecule has 84 valence electrons. The van der Waals surface area contributed by atoms with Crippen molar-refractivity contribution in [2.24, 2.45) is 0 Å². The molecule has 0 spiro atoms. The summed E-state index contributed by atoms with van der Waals surface area (Å²) >= 11 is 0. The van der Waals surface area contributed by atoms with E-state index in [4.69, 9.17) is 14.2 Å². The fourth-order valence-electron chi connectivity index (χ4n) is 1.59. The molecule has 4 nitrogen and oxygen atoms in total. The molecule has 0 fully saturated rings. The molecule has 0 bridgehead atoms. The van der Waals surface area contributed by atoms with Crippen molar-refractivity contribution >= 4 is 11.4 Å². The first-order valence-electron chi connectivity index (χ1n) is 4.85. The third kappa shape index (κ3) is 1.74. The smallest absolute Gasteiger partial charge is 0.291 e. The van der Waals surface area contributed by atoms with Crippen molar-refractivity contribution in [3.63, 3.8) is 0 Å². The van der Waals surface area contributed by atoms with Gasteiger partial charge in [0, 0.05) is 0 Å². The highest BCUT2D eigenvalue weighted by molar-refractivity contribution is 6.23. The Hall–Kier alpha value is -1.97. The maximum Gasteiger partial charge on any atom is 0.291 e. The van der Waals surface area contributed by atoms with E-state index in [9.17, 15) is 4.79 Å². The van der Waals surface area contributed by atoms with Gasteiger partial charge in [0.1, 0.15) is 11.3 Å². The number of ether oxygens (including phenoxy) is 3. The molecule has 0 saturated carbocycles. The minimum absolute atomic E-state index is 0.0462. The third-order valence-electron chi connectivity index (χ3n) is 2.38. The minimum atomic E-state index is -0.0676. The van der Waals surface area contributed by atoms with Crippen LogP contribution in [0.1, 0.15) is 5.56 Å². The number of Topliss-reactive ketones (excluding diaryl/α,β-unsaturated/α-hetero) is 1. The predicted octanol–water partition coefficient (Wildman–Crippen LogP) is 1.61. The molecule has 0 atom stereocenters. The second-order valence-electron chi connectivity index (χ2n) is 3.31. The monoisotopic (exact) mass is 220 g/mol.